The minimum atomic E-state index is -0.340. The molecule has 1 aromatic heterocycles. The average Bonchev–Trinajstić information content (AvgIpc) is 2.98. The molecule has 0 atom stereocenters. The lowest BCUT2D eigenvalue weighted by Gasteiger charge is -2.00. The Labute approximate surface area is 126 Å². The van der Waals surface area contributed by atoms with Gasteiger partial charge < -0.3 is 9.47 Å². The molecule has 5 heteroatoms. The van der Waals surface area contributed by atoms with E-state index in [1.165, 1.54) is 7.11 Å². The number of carbonyl (C=O) groups is 1. The predicted molar refractivity (Wildman–Crippen MR) is 82.9 cm³/mol. The minimum Gasteiger partial charge on any atom is -0.494 e. The largest absolute Gasteiger partial charge is 0.494 e. The zero-order chi connectivity index (χ0) is 14.8. The van der Waals surface area contributed by atoms with E-state index in [1.807, 2.05) is 30.3 Å². The van der Waals surface area contributed by atoms with Crippen LogP contribution in [0.25, 0.3) is 20.8 Å². The van der Waals surface area contributed by atoms with Crippen molar-refractivity contribution in [2.75, 3.05) is 14.2 Å². The van der Waals surface area contributed by atoms with E-state index in [0.717, 1.165) is 26.5 Å². The standard InChI is InChI=1S/C16H13NO3S/c1-19-12-4-3-5-13-14(12)17-15(21-13)10-6-8-11(9-7-10)16(18)20-2/h3-9H,1-2H3. The number of ether oxygens (including phenoxy) is 2. The first-order valence-electron chi connectivity index (χ1n) is 6.35. The van der Waals surface area contributed by atoms with Crippen molar-refractivity contribution >= 4 is 27.5 Å². The highest BCUT2D eigenvalue weighted by molar-refractivity contribution is 7.21. The minimum absolute atomic E-state index is 0.340. The topological polar surface area (TPSA) is 48.4 Å². The van der Waals surface area contributed by atoms with Crippen LogP contribution in [-0.4, -0.2) is 25.2 Å². The van der Waals surface area contributed by atoms with Gasteiger partial charge in [0.2, 0.25) is 0 Å². The number of rotatable bonds is 3. The quantitative estimate of drug-likeness (QED) is 0.691. The molecule has 1 heterocycles. The fourth-order valence-electron chi connectivity index (χ4n) is 2.08. The summed E-state index contributed by atoms with van der Waals surface area (Å²) in [5.41, 5.74) is 2.35. The molecule has 0 unspecified atom stereocenters. The molecule has 0 saturated carbocycles. The van der Waals surface area contributed by atoms with E-state index in [4.69, 9.17) is 9.47 Å². The first-order valence-corrected chi connectivity index (χ1v) is 7.17. The van der Waals surface area contributed by atoms with E-state index in [-0.39, 0.29) is 5.97 Å². The number of benzene rings is 2. The number of fused-ring (bicyclic) bond motifs is 1. The Bertz CT molecular complexity index is 793. The molecule has 3 aromatic rings. The number of carbonyl (C=O) groups excluding carboxylic acids is 1. The van der Waals surface area contributed by atoms with Crippen molar-refractivity contribution in [1.29, 1.82) is 0 Å². The highest BCUT2D eigenvalue weighted by Gasteiger charge is 2.11. The second-order valence-electron chi connectivity index (χ2n) is 4.39. The van der Waals surface area contributed by atoms with E-state index >= 15 is 0 Å². The van der Waals surface area contributed by atoms with Gasteiger partial charge in [-0.05, 0) is 24.3 Å². The van der Waals surface area contributed by atoms with Crippen molar-refractivity contribution in [3.63, 3.8) is 0 Å². The fourth-order valence-corrected chi connectivity index (χ4v) is 3.07. The van der Waals surface area contributed by atoms with Crippen molar-refractivity contribution in [1.82, 2.24) is 4.98 Å². The van der Waals surface area contributed by atoms with Crippen LogP contribution in [0.15, 0.2) is 42.5 Å². The summed E-state index contributed by atoms with van der Waals surface area (Å²) in [6, 6.07) is 13.1. The Morgan fingerprint density at radius 1 is 1.10 bits per heavy atom. The normalized spacial score (nSPS) is 10.6. The first-order chi connectivity index (χ1) is 10.2. The van der Waals surface area contributed by atoms with E-state index in [9.17, 15) is 4.79 Å². The summed E-state index contributed by atoms with van der Waals surface area (Å²) < 4.78 is 11.1. The van der Waals surface area contributed by atoms with Gasteiger partial charge in [0.1, 0.15) is 16.3 Å². The van der Waals surface area contributed by atoms with Crippen LogP contribution in [0.5, 0.6) is 5.75 Å². The first kappa shape index (κ1) is 13.6. The Morgan fingerprint density at radius 3 is 2.52 bits per heavy atom. The number of methoxy groups -OCH3 is 2. The highest BCUT2D eigenvalue weighted by atomic mass is 32.1. The van der Waals surface area contributed by atoms with Crippen LogP contribution in [0.3, 0.4) is 0 Å². The molecular formula is C16H13NO3S. The van der Waals surface area contributed by atoms with Crippen molar-refractivity contribution in [2.24, 2.45) is 0 Å². The van der Waals surface area contributed by atoms with Crippen molar-refractivity contribution in [3.05, 3.63) is 48.0 Å². The van der Waals surface area contributed by atoms with Gasteiger partial charge in [0.15, 0.2) is 0 Å². The van der Waals surface area contributed by atoms with E-state index in [2.05, 4.69) is 4.98 Å². The lowest BCUT2D eigenvalue weighted by Crippen LogP contribution is -2.00. The van der Waals surface area contributed by atoms with Crippen molar-refractivity contribution in [2.45, 2.75) is 0 Å². The molecule has 0 N–H and O–H groups in total. The lowest BCUT2D eigenvalue weighted by atomic mass is 10.1. The van der Waals surface area contributed by atoms with Gasteiger partial charge in [-0.15, -0.1) is 11.3 Å². The number of aromatic nitrogens is 1. The number of esters is 1. The number of thiazole rings is 1. The molecule has 0 amide bonds. The van der Waals surface area contributed by atoms with Gasteiger partial charge in [-0.1, -0.05) is 18.2 Å². The summed E-state index contributed by atoms with van der Waals surface area (Å²) in [5.74, 6) is 0.425. The zero-order valence-electron chi connectivity index (χ0n) is 11.6. The van der Waals surface area contributed by atoms with Gasteiger partial charge in [-0.2, -0.15) is 0 Å². The maximum absolute atomic E-state index is 11.4. The van der Waals surface area contributed by atoms with Gasteiger partial charge in [0, 0.05) is 5.56 Å². The molecule has 21 heavy (non-hydrogen) atoms. The van der Waals surface area contributed by atoms with Crippen LogP contribution < -0.4 is 4.74 Å². The summed E-state index contributed by atoms with van der Waals surface area (Å²) in [5, 5.41) is 0.894. The van der Waals surface area contributed by atoms with E-state index in [0.29, 0.717) is 5.56 Å². The lowest BCUT2D eigenvalue weighted by molar-refractivity contribution is 0.0601. The van der Waals surface area contributed by atoms with Crippen LogP contribution in [0.1, 0.15) is 10.4 Å². The second kappa shape index (κ2) is 5.54. The SMILES string of the molecule is COC(=O)c1ccc(-c2nc3c(OC)cccc3s2)cc1. The average molecular weight is 299 g/mol. The van der Waals surface area contributed by atoms with Gasteiger partial charge in [0.25, 0.3) is 0 Å². The number of nitrogens with zero attached hydrogens (tertiary/aromatic N) is 1. The second-order valence-corrected chi connectivity index (χ2v) is 5.43. The molecule has 0 radical (unpaired) electrons. The molecule has 0 aliphatic rings. The third-order valence-electron chi connectivity index (χ3n) is 3.15. The molecule has 0 saturated heterocycles. The maximum atomic E-state index is 11.4. The molecule has 3 rings (SSSR count). The van der Waals surface area contributed by atoms with Gasteiger partial charge in [-0.3, -0.25) is 0 Å². The van der Waals surface area contributed by atoms with Crippen LogP contribution in [0.2, 0.25) is 0 Å². The number of para-hydroxylation sites is 1. The van der Waals surface area contributed by atoms with Crippen LogP contribution in [-0.2, 0) is 4.74 Å². The summed E-state index contributed by atoms with van der Waals surface area (Å²) in [6.07, 6.45) is 0. The van der Waals surface area contributed by atoms with Gasteiger partial charge in [-0.25, -0.2) is 9.78 Å². The molecule has 2 aromatic carbocycles. The Balaban J connectivity index is 2.02. The maximum Gasteiger partial charge on any atom is 0.337 e. The third-order valence-corrected chi connectivity index (χ3v) is 4.22. The van der Waals surface area contributed by atoms with Crippen LogP contribution in [0, 0.1) is 0 Å². The third kappa shape index (κ3) is 2.48. The Kier molecular flexibility index (Phi) is 3.58. The fraction of sp³-hybridized carbons (Fsp3) is 0.125. The monoisotopic (exact) mass is 299 g/mol. The van der Waals surface area contributed by atoms with Crippen LogP contribution >= 0.6 is 11.3 Å². The molecule has 0 fully saturated rings. The zero-order valence-corrected chi connectivity index (χ0v) is 12.4. The van der Waals surface area contributed by atoms with Crippen LogP contribution in [0.4, 0.5) is 0 Å². The van der Waals surface area contributed by atoms with Gasteiger partial charge >= 0.3 is 5.97 Å². The molecule has 0 bridgehead atoms. The Hall–Kier alpha value is -2.40. The summed E-state index contributed by atoms with van der Waals surface area (Å²) in [6.45, 7) is 0. The molecule has 106 valence electrons. The molecule has 0 spiro atoms. The predicted octanol–water partition coefficient (Wildman–Crippen LogP) is 3.76. The van der Waals surface area contributed by atoms with Gasteiger partial charge in [0.05, 0.1) is 24.5 Å². The highest BCUT2D eigenvalue weighted by Crippen LogP contribution is 2.34. The molecular weight excluding hydrogens is 286 g/mol. The van der Waals surface area contributed by atoms with E-state index in [1.54, 1.807) is 30.6 Å². The van der Waals surface area contributed by atoms with Crippen molar-refractivity contribution in [3.8, 4) is 16.3 Å². The Morgan fingerprint density at radius 2 is 1.86 bits per heavy atom. The summed E-state index contributed by atoms with van der Waals surface area (Å²) in [4.78, 5) is 16.1. The molecule has 4 nitrogen and oxygen atoms in total. The number of hydrogen-bond acceptors (Lipinski definition) is 5. The molecule has 0 aliphatic heterocycles. The number of hydrogen-bond donors (Lipinski definition) is 0. The van der Waals surface area contributed by atoms with E-state index < -0.39 is 0 Å². The van der Waals surface area contributed by atoms with Crippen molar-refractivity contribution < 1.29 is 14.3 Å². The smallest absolute Gasteiger partial charge is 0.337 e. The summed E-state index contributed by atoms with van der Waals surface area (Å²) >= 11 is 1.59. The molecule has 0 aliphatic carbocycles. The summed E-state index contributed by atoms with van der Waals surface area (Å²) in [7, 11) is 3.01.